The molecule has 0 saturated heterocycles. The molecule has 0 unspecified atom stereocenters. The molecule has 0 heterocycles. The summed E-state index contributed by atoms with van der Waals surface area (Å²) in [5.74, 6) is 0. The Morgan fingerprint density at radius 2 is 2.12 bits per heavy atom. The van der Waals surface area contributed by atoms with Crippen LogP contribution in [0, 0.1) is 0 Å². The first kappa shape index (κ1) is 12.4. The largest absolute Gasteiger partial charge is 0.314 e. The van der Waals surface area contributed by atoms with E-state index in [1.54, 1.807) is 11.9 Å². The molecule has 1 amide bonds. The summed E-state index contributed by atoms with van der Waals surface area (Å²) in [5.41, 5.74) is 2.89. The van der Waals surface area contributed by atoms with E-state index in [1.807, 2.05) is 31.2 Å². The normalized spacial score (nSPS) is 11.3. The summed E-state index contributed by atoms with van der Waals surface area (Å²) in [5, 5.41) is 0. The van der Waals surface area contributed by atoms with Crippen molar-refractivity contribution in [3.8, 4) is 0 Å². The van der Waals surface area contributed by atoms with Gasteiger partial charge in [-0.3, -0.25) is 9.79 Å². The van der Waals surface area contributed by atoms with E-state index in [-0.39, 0.29) is 0 Å². The summed E-state index contributed by atoms with van der Waals surface area (Å²) in [6.45, 7) is 4.74. The number of nitrogens with zero attached hydrogens (tertiary/aromatic N) is 2. The van der Waals surface area contributed by atoms with Crippen LogP contribution in [-0.4, -0.2) is 25.7 Å². The molecule has 0 N–H and O–H groups in total. The van der Waals surface area contributed by atoms with Crippen molar-refractivity contribution in [3.05, 3.63) is 29.8 Å². The first-order valence-electron chi connectivity index (χ1n) is 5.49. The van der Waals surface area contributed by atoms with Crippen LogP contribution in [0.1, 0.15) is 25.8 Å². The molecule has 0 aliphatic heterocycles. The third-order valence-corrected chi connectivity index (χ3v) is 2.53. The first-order valence-corrected chi connectivity index (χ1v) is 5.49. The summed E-state index contributed by atoms with van der Waals surface area (Å²) >= 11 is 0. The van der Waals surface area contributed by atoms with E-state index >= 15 is 0 Å². The van der Waals surface area contributed by atoms with Crippen LogP contribution in [0.4, 0.5) is 5.69 Å². The molecule has 3 heteroatoms. The lowest BCUT2D eigenvalue weighted by Gasteiger charge is -2.19. The zero-order valence-electron chi connectivity index (χ0n) is 10.1. The van der Waals surface area contributed by atoms with Gasteiger partial charge < -0.3 is 4.90 Å². The van der Waals surface area contributed by atoms with Crippen LogP contribution < -0.4 is 4.90 Å². The third kappa shape index (κ3) is 2.69. The zero-order chi connectivity index (χ0) is 12.0. The number of amides is 1. The third-order valence-electron chi connectivity index (χ3n) is 2.53. The second-order valence-corrected chi connectivity index (χ2v) is 3.62. The van der Waals surface area contributed by atoms with Gasteiger partial charge in [-0.1, -0.05) is 25.1 Å². The van der Waals surface area contributed by atoms with Crippen molar-refractivity contribution in [2.45, 2.75) is 20.3 Å². The fourth-order valence-corrected chi connectivity index (χ4v) is 1.62. The van der Waals surface area contributed by atoms with E-state index in [0.717, 1.165) is 36.3 Å². The number of benzene rings is 1. The van der Waals surface area contributed by atoms with Gasteiger partial charge >= 0.3 is 0 Å². The second-order valence-electron chi connectivity index (χ2n) is 3.62. The predicted octanol–water partition coefficient (Wildman–Crippen LogP) is 2.50. The molecule has 0 aromatic heterocycles. The maximum atomic E-state index is 11.0. The van der Waals surface area contributed by atoms with Crippen LogP contribution in [0.15, 0.2) is 29.3 Å². The topological polar surface area (TPSA) is 32.7 Å². The zero-order valence-corrected chi connectivity index (χ0v) is 10.1. The number of hydrogen-bond acceptors (Lipinski definition) is 2. The Bertz CT molecular complexity index is 385. The van der Waals surface area contributed by atoms with Crippen molar-refractivity contribution < 1.29 is 4.79 Å². The van der Waals surface area contributed by atoms with Gasteiger partial charge in [-0.2, -0.15) is 0 Å². The monoisotopic (exact) mass is 218 g/mol. The summed E-state index contributed by atoms with van der Waals surface area (Å²) in [6, 6.07) is 7.84. The number of carbonyl (C=O) groups is 1. The van der Waals surface area contributed by atoms with Crippen LogP contribution in [0.5, 0.6) is 0 Å². The van der Waals surface area contributed by atoms with E-state index in [2.05, 4.69) is 11.9 Å². The lowest BCUT2D eigenvalue weighted by Crippen LogP contribution is -2.23. The van der Waals surface area contributed by atoms with Crippen LogP contribution in [0.3, 0.4) is 0 Å². The van der Waals surface area contributed by atoms with Gasteiger partial charge in [0.25, 0.3) is 0 Å². The maximum absolute atomic E-state index is 11.0. The Labute approximate surface area is 96.8 Å². The average molecular weight is 218 g/mol. The Morgan fingerprint density at radius 1 is 1.44 bits per heavy atom. The first-order chi connectivity index (χ1) is 7.74. The Balaban J connectivity index is 3.15. The van der Waals surface area contributed by atoms with E-state index in [1.165, 1.54) is 0 Å². The molecule has 1 aromatic carbocycles. The smallest absolute Gasteiger partial charge is 0.214 e. The van der Waals surface area contributed by atoms with Gasteiger partial charge in [-0.25, -0.2) is 0 Å². The SMILES string of the molecule is CCCN(C=O)c1ccccc1/C(C)=N\C. The Morgan fingerprint density at radius 3 is 2.69 bits per heavy atom. The summed E-state index contributed by atoms with van der Waals surface area (Å²) in [4.78, 5) is 16.9. The number of carbonyl (C=O) groups excluding carboxylic acids is 1. The molecule has 0 radical (unpaired) electrons. The van der Waals surface area contributed by atoms with Crippen molar-refractivity contribution >= 4 is 17.8 Å². The second kappa shape index (κ2) is 6.05. The van der Waals surface area contributed by atoms with E-state index in [0.29, 0.717) is 0 Å². The molecular formula is C13H18N2O. The van der Waals surface area contributed by atoms with Gasteiger partial charge in [0.2, 0.25) is 6.41 Å². The van der Waals surface area contributed by atoms with Gasteiger partial charge in [0.1, 0.15) is 0 Å². The standard InChI is InChI=1S/C13H18N2O/c1-4-9-15(10-16)13-8-6-5-7-12(13)11(2)14-3/h5-8,10H,4,9H2,1-3H3/b14-11-. The minimum Gasteiger partial charge on any atom is -0.314 e. The molecule has 1 rings (SSSR count). The molecule has 0 bridgehead atoms. The van der Waals surface area contributed by atoms with E-state index in [4.69, 9.17) is 0 Å². The molecule has 1 aromatic rings. The fraction of sp³-hybridized carbons (Fsp3) is 0.385. The highest BCUT2D eigenvalue weighted by Gasteiger charge is 2.10. The van der Waals surface area contributed by atoms with Crippen LogP contribution in [-0.2, 0) is 4.79 Å². The molecule has 0 aliphatic rings. The molecule has 0 spiro atoms. The molecular weight excluding hydrogens is 200 g/mol. The minimum absolute atomic E-state index is 0.734. The minimum atomic E-state index is 0.734. The Hall–Kier alpha value is -1.64. The Kier molecular flexibility index (Phi) is 4.70. The van der Waals surface area contributed by atoms with Crippen LogP contribution in [0.25, 0.3) is 0 Å². The highest BCUT2D eigenvalue weighted by Crippen LogP contribution is 2.20. The van der Waals surface area contributed by atoms with Gasteiger partial charge in [0.15, 0.2) is 0 Å². The summed E-state index contributed by atoms with van der Waals surface area (Å²) in [7, 11) is 1.76. The van der Waals surface area contributed by atoms with Crippen molar-refractivity contribution in [1.29, 1.82) is 0 Å². The highest BCUT2D eigenvalue weighted by atomic mass is 16.1. The fourth-order valence-electron chi connectivity index (χ4n) is 1.62. The van der Waals surface area contributed by atoms with Crippen molar-refractivity contribution in [3.63, 3.8) is 0 Å². The highest BCUT2D eigenvalue weighted by molar-refractivity contribution is 6.05. The molecule has 0 aliphatic carbocycles. The molecule has 16 heavy (non-hydrogen) atoms. The predicted molar refractivity (Wildman–Crippen MR) is 68.3 cm³/mol. The number of rotatable bonds is 5. The van der Waals surface area contributed by atoms with Gasteiger partial charge in [-0.05, 0) is 19.4 Å². The summed E-state index contributed by atoms with van der Waals surface area (Å²) < 4.78 is 0. The maximum Gasteiger partial charge on any atom is 0.214 e. The van der Waals surface area contributed by atoms with Crippen molar-refractivity contribution in [2.24, 2.45) is 4.99 Å². The number of aliphatic imine (C=N–C) groups is 1. The quantitative estimate of drug-likeness (QED) is 0.552. The average Bonchev–Trinajstić information content (AvgIpc) is 2.35. The van der Waals surface area contributed by atoms with Gasteiger partial charge in [0, 0.05) is 24.9 Å². The van der Waals surface area contributed by atoms with Gasteiger partial charge in [-0.15, -0.1) is 0 Å². The summed E-state index contributed by atoms with van der Waals surface area (Å²) in [6.07, 6.45) is 1.82. The van der Waals surface area contributed by atoms with E-state index in [9.17, 15) is 4.79 Å². The number of hydrogen-bond donors (Lipinski definition) is 0. The molecule has 3 nitrogen and oxygen atoms in total. The van der Waals surface area contributed by atoms with Crippen molar-refractivity contribution in [2.75, 3.05) is 18.5 Å². The van der Waals surface area contributed by atoms with E-state index < -0.39 is 0 Å². The number of anilines is 1. The molecule has 0 atom stereocenters. The lowest BCUT2D eigenvalue weighted by molar-refractivity contribution is -0.107. The van der Waals surface area contributed by atoms with Crippen LogP contribution >= 0.6 is 0 Å². The van der Waals surface area contributed by atoms with Gasteiger partial charge in [0.05, 0.1) is 5.69 Å². The lowest BCUT2D eigenvalue weighted by atomic mass is 10.1. The molecule has 86 valence electrons. The molecule has 0 fully saturated rings. The van der Waals surface area contributed by atoms with Crippen molar-refractivity contribution in [1.82, 2.24) is 0 Å². The molecule has 0 saturated carbocycles. The number of para-hydroxylation sites is 1. The van der Waals surface area contributed by atoms with Crippen LogP contribution in [0.2, 0.25) is 0 Å².